The van der Waals surface area contributed by atoms with E-state index in [-0.39, 0.29) is 18.1 Å². The number of carbonyl (C=O) groups is 2. The van der Waals surface area contributed by atoms with Gasteiger partial charge in [0.05, 0.1) is 17.3 Å². The number of esters is 1. The number of ether oxygens (including phenoxy) is 3. The van der Waals surface area contributed by atoms with Gasteiger partial charge in [0.1, 0.15) is 11.6 Å². The third kappa shape index (κ3) is 6.41. The van der Waals surface area contributed by atoms with Crippen LogP contribution in [0.5, 0.6) is 11.5 Å². The van der Waals surface area contributed by atoms with Gasteiger partial charge >= 0.3 is 5.97 Å². The number of rotatable bonds is 8. The number of halogens is 1. The standard InChI is InChI=1S/C25H26IN3O5/c1-3-33-22-15-18(14-21(26)24(22)34-17-23(30)32-2)13-19(16-27)25(31)29-11-9-28(10-12-29)20-7-5-4-6-8-20/h4-8,13-15H,3,9-12,17H2,1-2H3/b19-13-. The van der Waals surface area contributed by atoms with Crippen LogP contribution in [0.4, 0.5) is 5.69 Å². The summed E-state index contributed by atoms with van der Waals surface area (Å²) in [5, 5.41) is 9.70. The minimum Gasteiger partial charge on any atom is -0.490 e. The lowest BCUT2D eigenvalue weighted by atomic mass is 10.1. The predicted molar refractivity (Wildman–Crippen MR) is 137 cm³/mol. The second-order valence-electron chi connectivity index (χ2n) is 7.41. The van der Waals surface area contributed by atoms with Crippen molar-refractivity contribution in [1.82, 2.24) is 4.90 Å². The third-order valence-electron chi connectivity index (χ3n) is 5.24. The Bertz CT molecular complexity index is 1090. The van der Waals surface area contributed by atoms with Crippen molar-refractivity contribution in [3.63, 3.8) is 0 Å². The second kappa shape index (κ2) is 12.3. The van der Waals surface area contributed by atoms with E-state index in [0.29, 0.717) is 53.4 Å². The van der Waals surface area contributed by atoms with Crippen LogP contribution >= 0.6 is 22.6 Å². The topological polar surface area (TPSA) is 92.1 Å². The summed E-state index contributed by atoms with van der Waals surface area (Å²) in [6, 6.07) is 15.6. The Morgan fingerprint density at radius 1 is 1.12 bits per heavy atom. The molecule has 0 N–H and O–H groups in total. The summed E-state index contributed by atoms with van der Waals surface area (Å²) < 4.78 is 16.6. The number of para-hydroxylation sites is 1. The Balaban J connectivity index is 1.75. The van der Waals surface area contributed by atoms with Crippen LogP contribution in [0.15, 0.2) is 48.0 Å². The Kier molecular flexibility index (Phi) is 9.16. The fourth-order valence-electron chi connectivity index (χ4n) is 3.55. The summed E-state index contributed by atoms with van der Waals surface area (Å²) in [5.74, 6) is 0.0266. The number of amides is 1. The van der Waals surface area contributed by atoms with E-state index in [1.165, 1.54) is 7.11 Å². The van der Waals surface area contributed by atoms with Gasteiger partial charge in [0.15, 0.2) is 18.1 Å². The molecular formula is C25H26IN3O5. The van der Waals surface area contributed by atoms with Crippen LogP contribution in [0.2, 0.25) is 0 Å². The molecule has 2 aromatic rings. The van der Waals surface area contributed by atoms with Crippen LogP contribution in [0, 0.1) is 14.9 Å². The minimum atomic E-state index is -0.507. The monoisotopic (exact) mass is 575 g/mol. The number of methoxy groups -OCH3 is 1. The molecule has 34 heavy (non-hydrogen) atoms. The summed E-state index contributed by atoms with van der Waals surface area (Å²) in [6.45, 7) is 4.44. The fourth-order valence-corrected chi connectivity index (χ4v) is 4.33. The van der Waals surface area contributed by atoms with Gasteiger partial charge in [-0.25, -0.2) is 4.79 Å². The zero-order valence-corrected chi connectivity index (χ0v) is 21.3. The molecule has 1 heterocycles. The molecule has 1 fully saturated rings. The van der Waals surface area contributed by atoms with Gasteiger partial charge in [0.25, 0.3) is 5.91 Å². The van der Waals surface area contributed by atoms with Crippen LogP contribution in [-0.4, -0.2) is 63.3 Å². The number of nitriles is 1. The van der Waals surface area contributed by atoms with Gasteiger partial charge in [0.2, 0.25) is 0 Å². The smallest absolute Gasteiger partial charge is 0.343 e. The van der Waals surface area contributed by atoms with Crippen molar-refractivity contribution in [3.8, 4) is 17.6 Å². The number of hydrogen-bond acceptors (Lipinski definition) is 7. The lowest BCUT2D eigenvalue weighted by molar-refractivity contribution is -0.143. The van der Waals surface area contributed by atoms with Gasteiger partial charge in [-0.15, -0.1) is 0 Å². The first-order valence-electron chi connectivity index (χ1n) is 10.8. The van der Waals surface area contributed by atoms with Gasteiger partial charge in [0, 0.05) is 31.9 Å². The molecule has 0 atom stereocenters. The molecule has 1 saturated heterocycles. The first kappa shape index (κ1) is 25.4. The number of anilines is 1. The zero-order valence-electron chi connectivity index (χ0n) is 19.1. The minimum absolute atomic E-state index is 0.0506. The van der Waals surface area contributed by atoms with Crippen LogP contribution in [0.3, 0.4) is 0 Å². The molecule has 9 heteroatoms. The lowest BCUT2D eigenvalue weighted by Gasteiger charge is -2.36. The third-order valence-corrected chi connectivity index (χ3v) is 6.05. The maximum Gasteiger partial charge on any atom is 0.343 e. The molecule has 0 unspecified atom stereocenters. The van der Waals surface area contributed by atoms with Gasteiger partial charge in [-0.1, -0.05) is 18.2 Å². The van der Waals surface area contributed by atoms with E-state index in [4.69, 9.17) is 9.47 Å². The fraction of sp³-hybridized carbons (Fsp3) is 0.320. The molecule has 0 bridgehead atoms. The van der Waals surface area contributed by atoms with E-state index in [0.717, 1.165) is 5.69 Å². The summed E-state index contributed by atoms with van der Waals surface area (Å²) in [7, 11) is 1.29. The van der Waals surface area contributed by atoms with Crippen LogP contribution in [0.1, 0.15) is 12.5 Å². The van der Waals surface area contributed by atoms with Crippen molar-refractivity contribution >= 4 is 46.2 Å². The molecule has 178 valence electrons. The van der Waals surface area contributed by atoms with Gasteiger partial charge < -0.3 is 24.0 Å². The molecule has 1 aliphatic heterocycles. The van der Waals surface area contributed by atoms with E-state index in [1.807, 2.05) is 43.3 Å². The van der Waals surface area contributed by atoms with Crippen LogP contribution in [-0.2, 0) is 14.3 Å². The highest BCUT2D eigenvalue weighted by atomic mass is 127. The number of benzene rings is 2. The second-order valence-corrected chi connectivity index (χ2v) is 8.57. The van der Waals surface area contributed by atoms with Crippen molar-refractivity contribution in [3.05, 3.63) is 57.2 Å². The summed E-state index contributed by atoms with van der Waals surface area (Å²) in [5.41, 5.74) is 1.80. The molecule has 0 saturated carbocycles. The molecule has 1 aliphatic rings. The molecule has 1 amide bonds. The van der Waals surface area contributed by atoms with E-state index in [9.17, 15) is 14.9 Å². The lowest BCUT2D eigenvalue weighted by Crippen LogP contribution is -2.49. The van der Waals surface area contributed by atoms with Crippen molar-refractivity contribution < 1.29 is 23.8 Å². The van der Waals surface area contributed by atoms with Crippen molar-refractivity contribution in [2.75, 3.05) is 51.4 Å². The molecule has 0 aliphatic carbocycles. The number of carbonyl (C=O) groups excluding carboxylic acids is 2. The van der Waals surface area contributed by atoms with Gasteiger partial charge in [-0.2, -0.15) is 5.26 Å². The molecular weight excluding hydrogens is 549 g/mol. The average molecular weight is 575 g/mol. The first-order valence-corrected chi connectivity index (χ1v) is 11.9. The highest BCUT2D eigenvalue weighted by Crippen LogP contribution is 2.35. The molecule has 2 aromatic carbocycles. The Hall–Kier alpha value is -3.26. The zero-order chi connectivity index (χ0) is 24.5. The van der Waals surface area contributed by atoms with Crippen LogP contribution in [0.25, 0.3) is 6.08 Å². The average Bonchev–Trinajstić information content (AvgIpc) is 2.87. The molecule has 3 rings (SSSR count). The summed E-state index contributed by atoms with van der Waals surface area (Å²) >= 11 is 2.07. The normalized spacial score (nSPS) is 13.8. The maximum atomic E-state index is 13.1. The highest BCUT2D eigenvalue weighted by molar-refractivity contribution is 14.1. The quantitative estimate of drug-likeness (QED) is 0.206. The maximum absolute atomic E-state index is 13.1. The van der Waals surface area contributed by atoms with E-state index in [2.05, 4.69) is 32.2 Å². The predicted octanol–water partition coefficient (Wildman–Crippen LogP) is 3.50. The largest absolute Gasteiger partial charge is 0.490 e. The van der Waals surface area contributed by atoms with Crippen molar-refractivity contribution in [2.45, 2.75) is 6.92 Å². The molecule has 0 spiro atoms. The number of piperazine rings is 1. The Labute approximate surface area is 212 Å². The van der Waals surface area contributed by atoms with Crippen molar-refractivity contribution in [2.24, 2.45) is 0 Å². The SMILES string of the molecule is CCOc1cc(/C=C(/C#N)C(=O)N2CCN(c3ccccc3)CC2)cc(I)c1OCC(=O)OC. The number of nitrogens with zero attached hydrogens (tertiary/aromatic N) is 3. The van der Waals surface area contributed by atoms with Crippen LogP contribution < -0.4 is 14.4 Å². The van der Waals surface area contributed by atoms with E-state index in [1.54, 1.807) is 23.1 Å². The van der Waals surface area contributed by atoms with E-state index < -0.39 is 5.97 Å². The summed E-state index contributed by atoms with van der Waals surface area (Å²) in [4.78, 5) is 28.4. The highest BCUT2D eigenvalue weighted by Gasteiger charge is 2.24. The van der Waals surface area contributed by atoms with Crippen molar-refractivity contribution in [1.29, 1.82) is 5.26 Å². The van der Waals surface area contributed by atoms with E-state index >= 15 is 0 Å². The molecule has 8 nitrogen and oxygen atoms in total. The number of hydrogen-bond donors (Lipinski definition) is 0. The van der Waals surface area contributed by atoms with Gasteiger partial charge in [-0.3, -0.25) is 4.79 Å². The van der Waals surface area contributed by atoms with Gasteiger partial charge in [-0.05, 0) is 65.4 Å². The Morgan fingerprint density at radius 2 is 1.82 bits per heavy atom. The molecule has 0 radical (unpaired) electrons. The first-order chi connectivity index (χ1) is 16.5. The summed E-state index contributed by atoms with van der Waals surface area (Å²) in [6.07, 6.45) is 1.56. The Morgan fingerprint density at radius 3 is 2.44 bits per heavy atom. The molecule has 0 aromatic heterocycles.